The molecule has 1 rings (SSSR count). The maximum Gasteiger partial charge on any atom is 0.412 e. The molecule has 0 aromatic carbocycles. The van der Waals surface area contributed by atoms with E-state index >= 15 is 0 Å². The molecule has 98 valence electrons. The lowest BCUT2D eigenvalue weighted by Crippen LogP contribution is -2.27. The second-order valence-electron chi connectivity index (χ2n) is 4.42. The first-order valence-corrected chi connectivity index (χ1v) is 5.37. The van der Waals surface area contributed by atoms with Crippen molar-refractivity contribution < 1.29 is 14.5 Å². The number of ether oxygens (including phenoxy) is 1. The molecule has 1 aromatic rings. The standard InChI is InChI=1S/C10H12ClN3O4/c1-10(2,3)18-9(15)13-7-4-6(14(16)17)5-12-8(7)11/h4-5H,1-3H3,(H,13,15). The molecule has 0 radical (unpaired) electrons. The monoisotopic (exact) mass is 273 g/mol. The molecule has 18 heavy (non-hydrogen) atoms. The predicted molar refractivity (Wildman–Crippen MR) is 65.8 cm³/mol. The van der Waals surface area contributed by atoms with E-state index in [1.54, 1.807) is 20.8 Å². The molecule has 0 saturated heterocycles. The van der Waals surface area contributed by atoms with Gasteiger partial charge in [-0.3, -0.25) is 15.4 Å². The van der Waals surface area contributed by atoms with Crippen LogP contribution in [0, 0.1) is 10.1 Å². The number of nitrogens with one attached hydrogen (secondary N) is 1. The van der Waals surface area contributed by atoms with Gasteiger partial charge in [-0.15, -0.1) is 0 Å². The number of amides is 1. The molecule has 0 unspecified atom stereocenters. The van der Waals surface area contributed by atoms with Gasteiger partial charge >= 0.3 is 6.09 Å². The molecular formula is C10H12ClN3O4. The van der Waals surface area contributed by atoms with Gasteiger partial charge in [0.15, 0.2) is 5.15 Å². The second kappa shape index (κ2) is 5.18. The number of rotatable bonds is 2. The van der Waals surface area contributed by atoms with E-state index in [-0.39, 0.29) is 16.5 Å². The van der Waals surface area contributed by atoms with Crippen LogP contribution in [0.5, 0.6) is 0 Å². The maximum absolute atomic E-state index is 11.5. The fraction of sp³-hybridized carbons (Fsp3) is 0.400. The van der Waals surface area contributed by atoms with Crippen LogP contribution in [0.15, 0.2) is 12.3 Å². The predicted octanol–water partition coefficient (Wildman–Crippen LogP) is 2.99. The minimum absolute atomic E-state index is 0.0279. The average Bonchev–Trinajstić information content (AvgIpc) is 2.18. The van der Waals surface area contributed by atoms with Gasteiger partial charge in [0.1, 0.15) is 11.8 Å². The van der Waals surface area contributed by atoms with Crippen molar-refractivity contribution in [3.05, 3.63) is 27.5 Å². The van der Waals surface area contributed by atoms with Crippen molar-refractivity contribution in [2.24, 2.45) is 0 Å². The lowest BCUT2D eigenvalue weighted by atomic mass is 10.2. The van der Waals surface area contributed by atoms with Crippen LogP contribution in [-0.2, 0) is 4.74 Å². The van der Waals surface area contributed by atoms with Crippen LogP contribution in [0.2, 0.25) is 5.15 Å². The van der Waals surface area contributed by atoms with E-state index in [1.165, 1.54) is 0 Å². The Bertz CT molecular complexity index is 485. The van der Waals surface area contributed by atoms with Crippen molar-refractivity contribution in [2.75, 3.05) is 5.32 Å². The van der Waals surface area contributed by atoms with Crippen molar-refractivity contribution in [3.8, 4) is 0 Å². The summed E-state index contributed by atoms with van der Waals surface area (Å²) in [7, 11) is 0. The highest BCUT2D eigenvalue weighted by Crippen LogP contribution is 2.24. The zero-order valence-corrected chi connectivity index (χ0v) is 10.8. The molecule has 1 amide bonds. The molecule has 1 heterocycles. The SMILES string of the molecule is CC(C)(C)OC(=O)Nc1cc([N+](=O)[O-])cnc1Cl. The summed E-state index contributed by atoms with van der Waals surface area (Å²) in [6.45, 7) is 5.08. The van der Waals surface area contributed by atoms with Gasteiger partial charge in [-0.05, 0) is 20.8 Å². The Morgan fingerprint density at radius 3 is 2.67 bits per heavy atom. The van der Waals surface area contributed by atoms with Gasteiger partial charge in [-0.1, -0.05) is 11.6 Å². The van der Waals surface area contributed by atoms with Crippen molar-refractivity contribution in [3.63, 3.8) is 0 Å². The number of carbonyl (C=O) groups is 1. The Balaban J connectivity index is 2.87. The highest BCUT2D eigenvalue weighted by Gasteiger charge is 2.18. The molecule has 7 nitrogen and oxygen atoms in total. The van der Waals surface area contributed by atoms with Crippen molar-refractivity contribution >= 4 is 29.1 Å². The minimum Gasteiger partial charge on any atom is -0.444 e. The maximum atomic E-state index is 11.5. The molecule has 0 spiro atoms. The molecule has 1 N–H and O–H groups in total. The van der Waals surface area contributed by atoms with E-state index in [2.05, 4.69) is 10.3 Å². The van der Waals surface area contributed by atoms with E-state index < -0.39 is 16.6 Å². The molecule has 8 heteroatoms. The van der Waals surface area contributed by atoms with Gasteiger partial charge in [-0.2, -0.15) is 0 Å². The van der Waals surface area contributed by atoms with Gasteiger partial charge in [0.05, 0.1) is 10.6 Å². The van der Waals surface area contributed by atoms with Crippen LogP contribution in [0.3, 0.4) is 0 Å². The van der Waals surface area contributed by atoms with Crippen LogP contribution in [0.25, 0.3) is 0 Å². The molecule has 0 bridgehead atoms. The molecular weight excluding hydrogens is 262 g/mol. The highest BCUT2D eigenvalue weighted by atomic mass is 35.5. The summed E-state index contributed by atoms with van der Waals surface area (Å²) >= 11 is 5.71. The molecule has 0 aliphatic heterocycles. The summed E-state index contributed by atoms with van der Waals surface area (Å²) in [6, 6.07) is 1.11. The van der Waals surface area contributed by atoms with Crippen molar-refractivity contribution in [2.45, 2.75) is 26.4 Å². The van der Waals surface area contributed by atoms with E-state index in [0.29, 0.717) is 0 Å². The molecule has 0 aliphatic rings. The number of hydrogen-bond donors (Lipinski definition) is 1. The van der Waals surface area contributed by atoms with Gasteiger partial charge in [0.25, 0.3) is 5.69 Å². The van der Waals surface area contributed by atoms with E-state index in [4.69, 9.17) is 16.3 Å². The van der Waals surface area contributed by atoms with E-state index in [0.717, 1.165) is 12.3 Å². The number of anilines is 1. The lowest BCUT2D eigenvalue weighted by Gasteiger charge is -2.19. The largest absolute Gasteiger partial charge is 0.444 e. The van der Waals surface area contributed by atoms with Gasteiger partial charge in [0, 0.05) is 6.07 Å². The van der Waals surface area contributed by atoms with Crippen LogP contribution in [0.4, 0.5) is 16.2 Å². The van der Waals surface area contributed by atoms with Crippen LogP contribution in [0.1, 0.15) is 20.8 Å². The smallest absolute Gasteiger partial charge is 0.412 e. The molecule has 1 aromatic heterocycles. The van der Waals surface area contributed by atoms with Gasteiger partial charge in [0.2, 0.25) is 0 Å². The molecule has 0 aliphatic carbocycles. The summed E-state index contributed by atoms with van der Waals surface area (Å²) in [5.41, 5.74) is -0.921. The lowest BCUT2D eigenvalue weighted by molar-refractivity contribution is -0.385. The average molecular weight is 274 g/mol. The Kier molecular flexibility index (Phi) is 4.07. The number of hydrogen-bond acceptors (Lipinski definition) is 5. The molecule has 0 atom stereocenters. The first-order chi connectivity index (χ1) is 8.19. The minimum atomic E-state index is -0.758. The fourth-order valence-electron chi connectivity index (χ4n) is 1.04. The van der Waals surface area contributed by atoms with Crippen molar-refractivity contribution in [1.29, 1.82) is 0 Å². The normalized spacial score (nSPS) is 10.9. The van der Waals surface area contributed by atoms with Crippen LogP contribution < -0.4 is 5.32 Å². The third kappa shape index (κ3) is 4.17. The summed E-state index contributed by atoms with van der Waals surface area (Å²) in [6.07, 6.45) is 0.245. The van der Waals surface area contributed by atoms with Gasteiger partial charge < -0.3 is 4.74 Å². The topological polar surface area (TPSA) is 94.4 Å². The number of nitro groups is 1. The zero-order valence-electron chi connectivity index (χ0n) is 10.1. The molecule has 0 saturated carbocycles. The zero-order chi connectivity index (χ0) is 13.9. The Morgan fingerprint density at radius 2 is 2.17 bits per heavy atom. The van der Waals surface area contributed by atoms with Crippen LogP contribution >= 0.6 is 11.6 Å². The quantitative estimate of drug-likeness (QED) is 0.508. The van der Waals surface area contributed by atoms with Crippen molar-refractivity contribution in [1.82, 2.24) is 4.98 Å². The van der Waals surface area contributed by atoms with Crippen LogP contribution in [-0.4, -0.2) is 21.6 Å². The fourth-order valence-corrected chi connectivity index (χ4v) is 1.19. The highest BCUT2D eigenvalue weighted by molar-refractivity contribution is 6.32. The van der Waals surface area contributed by atoms with E-state index in [9.17, 15) is 14.9 Å². The summed E-state index contributed by atoms with van der Waals surface area (Å²) in [5, 5.41) is 12.8. The summed E-state index contributed by atoms with van der Waals surface area (Å²) in [4.78, 5) is 25.0. The Hall–Kier alpha value is -1.89. The summed E-state index contributed by atoms with van der Waals surface area (Å²) < 4.78 is 4.99. The molecule has 0 fully saturated rings. The third-order valence-electron chi connectivity index (χ3n) is 1.67. The second-order valence-corrected chi connectivity index (χ2v) is 4.77. The number of carbonyl (C=O) groups excluding carboxylic acids is 1. The first-order valence-electron chi connectivity index (χ1n) is 4.99. The summed E-state index contributed by atoms with van der Waals surface area (Å²) in [5.74, 6) is 0. The first kappa shape index (κ1) is 14.2. The number of aromatic nitrogens is 1. The Morgan fingerprint density at radius 1 is 1.56 bits per heavy atom. The van der Waals surface area contributed by atoms with E-state index in [1.807, 2.05) is 0 Å². The number of pyridine rings is 1. The van der Waals surface area contributed by atoms with Gasteiger partial charge in [-0.25, -0.2) is 9.78 Å². The number of nitrogens with zero attached hydrogens (tertiary/aromatic N) is 2. The Labute approximate surface area is 108 Å². The number of halogens is 1. The third-order valence-corrected chi connectivity index (χ3v) is 1.97.